The fourth-order valence-electron chi connectivity index (χ4n) is 1.36. The predicted molar refractivity (Wildman–Crippen MR) is 70.2 cm³/mol. The van der Waals surface area contributed by atoms with E-state index in [9.17, 15) is 0 Å². The molecular formula is C12H25N3O. The predicted octanol–water partition coefficient (Wildman–Crippen LogP) is 1.15. The van der Waals surface area contributed by atoms with Crippen molar-refractivity contribution in [1.29, 1.82) is 0 Å². The van der Waals surface area contributed by atoms with Gasteiger partial charge in [-0.2, -0.15) is 0 Å². The summed E-state index contributed by atoms with van der Waals surface area (Å²) in [6.07, 6.45) is 3.90. The third-order valence-electron chi connectivity index (χ3n) is 2.45. The molecule has 0 fully saturated rings. The van der Waals surface area contributed by atoms with Crippen LogP contribution in [-0.2, 0) is 4.74 Å². The van der Waals surface area contributed by atoms with Crippen molar-refractivity contribution in [3.8, 4) is 0 Å². The van der Waals surface area contributed by atoms with E-state index >= 15 is 0 Å². The van der Waals surface area contributed by atoms with Gasteiger partial charge in [0.25, 0.3) is 0 Å². The van der Waals surface area contributed by atoms with Crippen LogP contribution in [0.25, 0.3) is 0 Å². The third kappa shape index (κ3) is 7.43. The van der Waals surface area contributed by atoms with Gasteiger partial charge in [0, 0.05) is 26.7 Å². The summed E-state index contributed by atoms with van der Waals surface area (Å²) in [7, 11) is 3.34. The van der Waals surface area contributed by atoms with Gasteiger partial charge in [-0.15, -0.1) is 0 Å². The molecule has 0 aliphatic rings. The fraction of sp³-hybridized carbons (Fsp3) is 0.750. The van der Waals surface area contributed by atoms with Crippen molar-refractivity contribution in [1.82, 2.24) is 10.2 Å². The Morgan fingerprint density at radius 1 is 1.38 bits per heavy atom. The maximum atomic E-state index is 5.01. The molecule has 4 heteroatoms. The molecule has 0 spiro atoms. The van der Waals surface area contributed by atoms with Crippen molar-refractivity contribution < 1.29 is 4.74 Å². The quantitative estimate of drug-likeness (QED) is 0.384. The van der Waals surface area contributed by atoms with Gasteiger partial charge in [-0.05, 0) is 19.2 Å². The van der Waals surface area contributed by atoms with Crippen LogP contribution in [0, 0.1) is 0 Å². The number of methoxy groups -OCH3 is 1. The summed E-state index contributed by atoms with van der Waals surface area (Å²) in [4.78, 5) is 6.34. The summed E-state index contributed by atoms with van der Waals surface area (Å²) >= 11 is 0. The van der Waals surface area contributed by atoms with E-state index in [0.717, 1.165) is 32.7 Å². The molecule has 0 heterocycles. The maximum absolute atomic E-state index is 5.01. The van der Waals surface area contributed by atoms with Crippen LogP contribution >= 0.6 is 0 Å². The number of hydrogen-bond acceptors (Lipinski definition) is 4. The van der Waals surface area contributed by atoms with E-state index in [-0.39, 0.29) is 0 Å². The van der Waals surface area contributed by atoms with Crippen molar-refractivity contribution in [3.05, 3.63) is 12.2 Å². The highest BCUT2D eigenvalue weighted by Crippen LogP contribution is 1.84. The minimum Gasteiger partial charge on any atom is -0.481 e. The molecule has 1 N–H and O–H groups in total. The largest absolute Gasteiger partial charge is 0.481 e. The zero-order valence-electron chi connectivity index (χ0n) is 11.0. The molecule has 0 rings (SSSR count). The van der Waals surface area contributed by atoms with E-state index in [1.165, 1.54) is 0 Å². The Hall–Kier alpha value is -0.870. The van der Waals surface area contributed by atoms with E-state index in [0.29, 0.717) is 5.90 Å². The SMILES string of the molecule is CCN(CC)CCNC/C=C\C(=NC)OC. The van der Waals surface area contributed by atoms with Crippen molar-refractivity contribution in [3.63, 3.8) is 0 Å². The number of hydrogen-bond donors (Lipinski definition) is 1. The summed E-state index contributed by atoms with van der Waals surface area (Å²) in [6, 6.07) is 0. The van der Waals surface area contributed by atoms with Gasteiger partial charge in [-0.3, -0.25) is 4.99 Å². The number of nitrogens with zero attached hydrogens (tertiary/aromatic N) is 2. The summed E-state index contributed by atoms with van der Waals surface area (Å²) in [5.41, 5.74) is 0. The molecule has 0 saturated carbocycles. The van der Waals surface area contributed by atoms with Crippen molar-refractivity contribution in [2.24, 2.45) is 4.99 Å². The van der Waals surface area contributed by atoms with Gasteiger partial charge in [0.05, 0.1) is 7.11 Å². The Labute approximate surface area is 99.4 Å². The van der Waals surface area contributed by atoms with Gasteiger partial charge in [-0.25, -0.2) is 0 Å². The molecule has 0 aromatic heterocycles. The lowest BCUT2D eigenvalue weighted by molar-refractivity contribution is 0.304. The van der Waals surface area contributed by atoms with Gasteiger partial charge < -0.3 is 15.0 Å². The molecule has 0 atom stereocenters. The fourth-order valence-corrected chi connectivity index (χ4v) is 1.36. The van der Waals surface area contributed by atoms with Crippen molar-refractivity contribution >= 4 is 5.90 Å². The van der Waals surface area contributed by atoms with Crippen LogP contribution in [0.1, 0.15) is 13.8 Å². The number of ether oxygens (including phenoxy) is 1. The number of likely N-dealkylation sites (N-methyl/N-ethyl adjacent to an activating group) is 1. The molecule has 0 amide bonds. The second-order valence-corrected chi connectivity index (χ2v) is 3.40. The van der Waals surface area contributed by atoms with Gasteiger partial charge in [-0.1, -0.05) is 19.9 Å². The zero-order chi connectivity index (χ0) is 12.2. The second kappa shape index (κ2) is 10.6. The monoisotopic (exact) mass is 227 g/mol. The van der Waals surface area contributed by atoms with E-state index in [1.807, 2.05) is 12.2 Å². The first-order chi connectivity index (χ1) is 7.78. The van der Waals surface area contributed by atoms with Crippen LogP contribution in [0.3, 0.4) is 0 Å². The molecule has 0 aliphatic carbocycles. The number of aliphatic imine (C=N–C) groups is 1. The highest BCUT2D eigenvalue weighted by atomic mass is 16.5. The topological polar surface area (TPSA) is 36.9 Å². The van der Waals surface area contributed by atoms with Gasteiger partial charge in [0.15, 0.2) is 0 Å². The lowest BCUT2D eigenvalue weighted by atomic mass is 10.4. The van der Waals surface area contributed by atoms with Crippen LogP contribution in [0.4, 0.5) is 0 Å². The van der Waals surface area contributed by atoms with Crippen LogP contribution < -0.4 is 5.32 Å². The van der Waals surface area contributed by atoms with E-state index in [1.54, 1.807) is 14.2 Å². The highest BCUT2D eigenvalue weighted by Gasteiger charge is 1.96. The van der Waals surface area contributed by atoms with Gasteiger partial charge >= 0.3 is 0 Å². The maximum Gasteiger partial charge on any atom is 0.207 e. The molecular weight excluding hydrogens is 202 g/mol. The van der Waals surface area contributed by atoms with Crippen molar-refractivity contribution in [2.45, 2.75) is 13.8 Å². The number of nitrogens with one attached hydrogen (secondary N) is 1. The Balaban J connectivity index is 3.53. The van der Waals surface area contributed by atoms with Crippen molar-refractivity contribution in [2.75, 3.05) is 46.9 Å². The average molecular weight is 227 g/mol. The molecule has 0 bridgehead atoms. The van der Waals surface area contributed by atoms with Crippen LogP contribution in [0.15, 0.2) is 17.1 Å². The lowest BCUT2D eigenvalue weighted by Gasteiger charge is -2.17. The normalized spacial score (nSPS) is 12.7. The van der Waals surface area contributed by atoms with Gasteiger partial charge in [0.2, 0.25) is 5.90 Å². The third-order valence-corrected chi connectivity index (χ3v) is 2.45. The molecule has 0 aromatic rings. The van der Waals surface area contributed by atoms with Gasteiger partial charge in [0.1, 0.15) is 0 Å². The summed E-state index contributed by atoms with van der Waals surface area (Å²) in [5, 5.41) is 3.35. The lowest BCUT2D eigenvalue weighted by Crippen LogP contribution is -2.31. The summed E-state index contributed by atoms with van der Waals surface area (Å²) in [5.74, 6) is 0.658. The van der Waals surface area contributed by atoms with E-state index in [4.69, 9.17) is 4.74 Å². The molecule has 0 radical (unpaired) electrons. The summed E-state index contributed by atoms with van der Waals surface area (Å²) in [6.45, 7) is 9.56. The Morgan fingerprint density at radius 3 is 2.56 bits per heavy atom. The van der Waals surface area contributed by atoms with Crippen LogP contribution in [-0.4, -0.2) is 57.7 Å². The Morgan fingerprint density at radius 2 is 2.06 bits per heavy atom. The smallest absolute Gasteiger partial charge is 0.207 e. The average Bonchev–Trinajstić information content (AvgIpc) is 2.33. The first-order valence-corrected chi connectivity index (χ1v) is 5.88. The Kier molecular flexibility index (Phi) is 10.1. The molecule has 0 unspecified atom stereocenters. The first-order valence-electron chi connectivity index (χ1n) is 5.88. The molecule has 94 valence electrons. The van der Waals surface area contributed by atoms with E-state index < -0.39 is 0 Å². The van der Waals surface area contributed by atoms with Crippen LogP contribution in [0.2, 0.25) is 0 Å². The molecule has 0 aliphatic heterocycles. The highest BCUT2D eigenvalue weighted by molar-refractivity contribution is 5.87. The number of rotatable bonds is 8. The molecule has 16 heavy (non-hydrogen) atoms. The Bertz CT molecular complexity index is 210. The second-order valence-electron chi connectivity index (χ2n) is 3.40. The molecule has 4 nitrogen and oxygen atoms in total. The van der Waals surface area contributed by atoms with Crippen LogP contribution in [0.5, 0.6) is 0 Å². The standard InChI is InChI=1S/C12H25N3O/c1-5-15(6-2)11-10-14-9-7-8-12(13-3)16-4/h7-8,14H,5-6,9-11H2,1-4H3/b8-7-,13-12?. The molecule has 0 saturated heterocycles. The minimum atomic E-state index is 0.658. The minimum absolute atomic E-state index is 0.658. The molecule has 0 aromatic carbocycles. The zero-order valence-corrected chi connectivity index (χ0v) is 11.0. The summed E-state index contributed by atoms with van der Waals surface area (Å²) < 4.78 is 5.01. The van der Waals surface area contributed by atoms with E-state index in [2.05, 4.69) is 29.1 Å². The first kappa shape index (κ1) is 15.1.